The van der Waals surface area contributed by atoms with Crippen molar-refractivity contribution in [2.24, 2.45) is 5.73 Å². The largest absolute Gasteiger partial charge is 0.341 e. The number of rotatable bonds is 4. The number of benzene rings is 1. The number of piperidine rings is 1. The van der Waals surface area contributed by atoms with E-state index >= 15 is 0 Å². The second-order valence-corrected chi connectivity index (χ2v) is 5.94. The van der Waals surface area contributed by atoms with Crippen molar-refractivity contribution in [1.29, 1.82) is 0 Å². The quantitative estimate of drug-likeness (QED) is 0.917. The van der Waals surface area contributed by atoms with Crippen molar-refractivity contribution < 1.29 is 4.79 Å². The molecular weight excluding hydrogens is 248 g/mol. The Morgan fingerprint density at radius 2 is 2.10 bits per heavy atom. The van der Waals surface area contributed by atoms with E-state index in [4.69, 9.17) is 5.73 Å². The van der Waals surface area contributed by atoms with Gasteiger partial charge in [0.05, 0.1) is 0 Å². The molecule has 0 spiro atoms. The molecule has 1 aromatic carbocycles. The fourth-order valence-corrected chi connectivity index (χ4v) is 2.83. The molecule has 2 rings (SSSR count). The number of nitrogens with two attached hydrogens (primary N) is 1. The lowest BCUT2D eigenvalue weighted by Crippen LogP contribution is -2.45. The number of amides is 1. The van der Waals surface area contributed by atoms with Gasteiger partial charge < -0.3 is 10.6 Å². The van der Waals surface area contributed by atoms with Gasteiger partial charge in [-0.15, -0.1) is 0 Å². The lowest BCUT2D eigenvalue weighted by molar-refractivity contribution is -0.132. The number of carbonyl (C=O) groups is 1. The molecule has 1 fully saturated rings. The highest BCUT2D eigenvalue weighted by Gasteiger charge is 2.22. The summed E-state index contributed by atoms with van der Waals surface area (Å²) >= 11 is 0. The van der Waals surface area contributed by atoms with Gasteiger partial charge in [0, 0.05) is 25.6 Å². The molecule has 0 aromatic heterocycles. The Morgan fingerprint density at radius 3 is 2.70 bits per heavy atom. The summed E-state index contributed by atoms with van der Waals surface area (Å²) in [5, 5.41) is 0. The minimum Gasteiger partial charge on any atom is -0.341 e. The lowest BCUT2D eigenvalue weighted by Gasteiger charge is -2.31. The first-order chi connectivity index (χ1) is 9.60. The van der Waals surface area contributed by atoms with E-state index in [1.54, 1.807) is 0 Å². The van der Waals surface area contributed by atoms with Gasteiger partial charge in [0.1, 0.15) is 0 Å². The molecule has 2 atom stereocenters. The van der Waals surface area contributed by atoms with Crippen LogP contribution < -0.4 is 5.73 Å². The summed E-state index contributed by atoms with van der Waals surface area (Å²) in [7, 11) is 0. The molecule has 0 bridgehead atoms. The summed E-state index contributed by atoms with van der Waals surface area (Å²) in [5.41, 5.74) is 8.53. The van der Waals surface area contributed by atoms with Crippen LogP contribution >= 0.6 is 0 Å². The van der Waals surface area contributed by atoms with Crippen LogP contribution in [0.5, 0.6) is 0 Å². The second kappa shape index (κ2) is 6.89. The maximum atomic E-state index is 12.3. The Morgan fingerprint density at radius 1 is 1.40 bits per heavy atom. The fraction of sp³-hybridized carbons (Fsp3) is 0.588. The van der Waals surface area contributed by atoms with E-state index in [1.165, 1.54) is 11.1 Å². The molecule has 1 amide bonds. The molecule has 3 heteroatoms. The Balaban J connectivity index is 1.92. The van der Waals surface area contributed by atoms with Gasteiger partial charge in [-0.2, -0.15) is 0 Å². The third kappa shape index (κ3) is 3.83. The molecule has 1 aliphatic heterocycles. The Labute approximate surface area is 122 Å². The van der Waals surface area contributed by atoms with Gasteiger partial charge in [0.25, 0.3) is 0 Å². The van der Waals surface area contributed by atoms with Crippen molar-refractivity contribution in [3.05, 3.63) is 35.4 Å². The number of hydrogen-bond donors (Lipinski definition) is 1. The molecular formula is C17H26N2O. The minimum atomic E-state index is 0.159. The van der Waals surface area contributed by atoms with Gasteiger partial charge in [-0.25, -0.2) is 0 Å². The fourth-order valence-electron chi connectivity index (χ4n) is 2.83. The van der Waals surface area contributed by atoms with E-state index in [0.29, 0.717) is 6.42 Å². The summed E-state index contributed by atoms with van der Waals surface area (Å²) < 4.78 is 0. The number of aryl methyl sites for hydroxylation is 1. The maximum absolute atomic E-state index is 12.3. The van der Waals surface area contributed by atoms with Crippen LogP contribution in [-0.2, 0) is 11.2 Å². The molecule has 0 radical (unpaired) electrons. The average molecular weight is 274 g/mol. The van der Waals surface area contributed by atoms with Crippen LogP contribution in [0.25, 0.3) is 0 Å². The summed E-state index contributed by atoms with van der Waals surface area (Å²) in [6, 6.07) is 8.78. The van der Waals surface area contributed by atoms with Crippen LogP contribution in [0.1, 0.15) is 50.2 Å². The van der Waals surface area contributed by atoms with E-state index in [2.05, 4.69) is 38.1 Å². The topological polar surface area (TPSA) is 46.3 Å². The van der Waals surface area contributed by atoms with E-state index in [9.17, 15) is 4.79 Å². The highest BCUT2D eigenvalue weighted by atomic mass is 16.2. The molecule has 1 heterocycles. The molecule has 110 valence electrons. The van der Waals surface area contributed by atoms with Crippen molar-refractivity contribution in [2.75, 3.05) is 13.1 Å². The standard InChI is InChI=1S/C17H26N2O/c1-3-14-6-8-15(9-7-14)13(2)11-17(20)19-10-4-5-16(18)12-19/h6-9,13,16H,3-5,10-12,18H2,1-2H3. The zero-order valence-corrected chi connectivity index (χ0v) is 12.6. The van der Waals surface area contributed by atoms with Crippen LogP contribution in [0, 0.1) is 0 Å². The van der Waals surface area contributed by atoms with Crippen LogP contribution in [0.15, 0.2) is 24.3 Å². The maximum Gasteiger partial charge on any atom is 0.223 e. The molecule has 2 unspecified atom stereocenters. The summed E-state index contributed by atoms with van der Waals surface area (Å²) in [5.74, 6) is 0.513. The predicted octanol–water partition coefficient (Wildman–Crippen LogP) is 2.69. The second-order valence-electron chi connectivity index (χ2n) is 5.94. The number of nitrogens with zero attached hydrogens (tertiary/aromatic N) is 1. The average Bonchev–Trinajstić information content (AvgIpc) is 2.47. The molecule has 1 aromatic rings. The Bertz CT molecular complexity index is 441. The minimum absolute atomic E-state index is 0.159. The lowest BCUT2D eigenvalue weighted by atomic mass is 9.95. The van der Waals surface area contributed by atoms with Crippen LogP contribution in [0.3, 0.4) is 0 Å². The van der Waals surface area contributed by atoms with E-state index in [0.717, 1.165) is 32.4 Å². The van der Waals surface area contributed by atoms with Crippen molar-refractivity contribution in [3.63, 3.8) is 0 Å². The Hall–Kier alpha value is -1.35. The van der Waals surface area contributed by atoms with Crippen molar-refractivity contribution in [1.82, 2.24) is 4.90 Å². The third-order valence-electron chi connectivity index (χ3n) is 4.25. The van der Waals surface area contributed by atoms with Gasteiger partial charge in [-0.3, -0.25) is 4.79 Å². The number of likely N-dealkylation sites (tertiary alicyclic amines) is 1. The molecule has 1 aliphatic rings. The molecule has 0 saturated carbocycles. The van der Waals surface area contributed by atoms with E-state index in [-0.39, 0.29) is 17.9 Å². The first-order valence-corrected chi connectivity index (χ1v) is 7.72. The third-order valence-corrected chi connectivity index (χ3v) is 4.25. The van der Waals surface area contributed by atoms with Gasteiger partial charge in [0.2, 0.25) is 5.91 Å². The first kappa shape index (κ1) is 15.0. The molecule has 3 nitrogen and oxygen atoms in total. The molecule has 20 heavy (non-hydrogen) atoms. The first-order valence-electron chi connectivity index (χ1n) is 7.72. The number of carbonyl (C=O) groups excluding carboxylic acids is 1. The van der Waals surface area contributed by atoms with Crippen molar-refractivity contribution >= 4 is 5.91 Å². The Kier molecular flexibility index (Phi) is 5.18. The monoisotopic (exact) mass is 274 g/mol. The van der Waals surface area contributed by atoms with Gasteiger partial charge in [0.15, 0.2) is 0 Å². The highest BCUT2D eigenvalue weighted by molar-refractivity contribution is 5.77. The van der Waals surface area contributed by atoms with Crippen LogP contribution in [0.2, 0.25) is 0 Å². The van der Waals surface area contributed by atoms with Gasteiger partial charge in [-0.05, 0) is 36.3 Å². The zero-order chi connectivity index (χ0) is 14.5. The van der Waals surface area contributed by atoms with Crippen LogP contribution in [-0.4, -0.2) is 29.9 Å². The van der Waals surface area contributed by atoms with Gasteiger partial charge in [-0.1, -0.05) is 38.1 Å². The summed E-state index contributed by atoms with van der Waals surface area (Å²) in [4.78, 5) is 14.3. The smallest absolute Gasteiger partial charge is 0.223 e. The van der Waals surface area contributed by atoms with Gasteiger partial charge >= 0.3 is 0 Å². The highest BCUT2D eigenvalue weighted by Crippen LogP contribution is 2.21. The van der Waals surface area contributed by atoms with Crippen LogP contribution in [0.4, 0.5) is 0 Å². The molecule has 0 aliphatic carbocycles. The summed E-state index contributed by atoms with van der Waals surface area (Å²) in [6.07, 6.45) is 3.71. The predicted molar refractivity (Wildman–Crippen MR) is 82.6 cm³/mol. The van der Waals surface area contributed by atoms with E-state index < -0.39 is 0 Å². The normalized spacial score (nSPS) is 20.8. The van der Waals surface area contributed by atoms with Crippen molar-refractivity contribution in [2.45, 2.75) is 51.5 Å². The SMILES string of the molecule is CCc1ccc(C(C)CC(=O)N2CCCC(N)C2)cc1. The van der Waals surface area contributed by atoms with E-state index in [1.807, 2.05) is 4.90 Å². The molecule has 2 N–H and O–H groups in total. The number of hydrogen-bond acceptors (Lipinski definition) is 2. The molecule has 1 saturated heterocycles. The summed E-state index contributed by atoms with van der Waals surface area (Å²) in [6.45, 7) is 5.87. The van der Waals surface area contributed by atoms with Crippen molar-refractivity contribution in [3.8, 4) is 0 Å². The zero-order valence-electron chi connectivity index (χ0n) is 12.6.